The Morgan fingerprint density at radius 3 is 2.42 bits per heavy atom. The molecule has 1 aliphatic heterocycles. The van der Waals surface area contributed by atoms with Gasteiger partial charge in [-0.2, -0.15) is 0 Å². The van der Waals surface area contributed by atoms with Crippen LogP contribution in [0.1, 0.15) is 18.0 Å². The number of piperazine rings is 1. The highest BCUT2D eigenvalue weighted by Crippen LogP contribution is 2.22. The Morgan fingerprint density at radius 1 is 1.21 bits per heavy atom. The van der Waals surface area contributed by atoms with E-state index in [9.17, 15) is 4.39 Å². The summed E-state index contributed by atoms with van der Waals surface area (Å²) >= 11 is 0. The van der Waals surface area contributed by atoms with Crippen LogP contribution in [0, 0.1) is 5.82 Å². The second-order valence-corrected chi connectivity index (χ2v) is 5.41. The molecule has 19 heavy (non-hydrogen) atoms. The minimum atomic E-state index is -0.164. The van der Waals surface area contributed by atoms with Crippen molar-refractivity contribution in [3.8, 4) is 0 Å². The maximum absolute atomic E-state index is 13.0. The molecule has 1 saturated heterocycles. The minimum absolute atomic E-state index is 0.164. The molecule has 0 amide bonds. The van der Waals surface area contributed by atoms with Gasteiger partial charge in [0.1, 0.15) is 5.82 Å². The van der Waals surface area contributed by atoms with Crippen LogP contribution in [0.25, 0.3) is 0 Å². The average molecular weight is 265 g/mol. The van der Waals surface area contributed by atoms with Crippen LogP contribution in [0.3, 0.4) is 0 Å². The van der Waals surface area contributed by atoms with E-state index < -0.39 is 0 Å². The third kappa shape index (κ3) is 4.27. The highest BCUT2D eigenvalue weighted by atomic mass is 19.1. The van der Waals surface area contributed by atoms with Gasteiger partial charge in [-0.15, -0.1) is 0 Å². The number of nitrogens with zero attached hydrogens (tertiary/aromatic N) is 2. The Balaban J connectivity index is 1.94. The quantitative estimate of drug-likeness (QED) is 0.874. The molecule has 1 aliphatic rings. The number of benzene rings is 1. The van der Waals surface area contributed by atoms with Gasteiger partial charge in [0.25, 0.3) is 0 Å². The average Bonchev–Trinajstić information content (AvgIpc) is 2.42. The minimum Gasteiger partial charge on any atom is -0.314 e. The first-order valence-electron chi connectivity index (χ1n) is 7.02. The molecule has 1 heterocycles. The van der Waals surface area contributed by atoms with Crippen LogP contribution in [-0.2, 0) is 0 Å². The molecule has 1 fully saturated rings. The number of hydrogen-bond acceptors (Lipinski definition) is 3. The maximum Gasteiger partial charge on any atom is 0.123 e. The van der Waals surface area contributed by atoms with Gasteiger partial charge in [0.05, 0.1) is 0 Å². The molecule has 0 bridgehead atoms. The molecule has 0 radical (unpaired) electrons. The Bertz CT molecular complexity index is 371. The van der Waals surface area contributed by atoms with Crippen molar-refractivity contribution in [1.29, 1.82) is 0 Å². The maximum atomic E-state index is 13.0. The first-order chi connectivity index (χ1) is 9.16. The smallest absolute Gasteiger partial charge is 0.123 e. The monoisotopic (exact) mass is 265 g/mol. The highest BCUT2D eigenvalue weighted by Gasteiger charge is 2.17. The largest absolute Gasteiger partial charge is 0.314 e. The molecule has 3 nitrogen and oxygen atoms in total. The van der Waals surface area contributed by atoms with Crippen LogP contribution >= 0.6 is 0 Å². The van der Waals surface area contributed by atoms with Crippen molar-refractivity contribution in [2.24, 2.45) is 0 Å². The molecule has 1 unspecified atom stereocenters. The van der Waals surface area contributed by atoms with E-state index in [0.29, 0.717) is 6.04 Å². The SMILES string of the molecule is CN(C)C(CCN1CCNCC1)c1ccc(F)cc1. The Kier molecular flexibility index (Phi) is 5.31. The van der Waals surface area contributed by atoms with Crippen molar-refractivity contribution in [3.05, 3.63) is 35.6 Å². The van der Waals surface area contributed by atoms with Crippen LogP contribution in [0.2, 0.25) is 0 Å². The number of halogens is 1. The second-order valence-electron chi connectivity index (χ2n) is 5.41. The van der Waals surface area contributed by atoms with E-state index in [0.717, 1.165) is 39.1 Å². The molecule has 1 aromatic rings. The molecule has 1 atom stereocenters. The van der Waals surface area contributed by atoms with Crippen LogP contribution in [0.5, 0.6) is 0 Å². The fraction of sp³-hybridized carbons (Fsp3) is 0.600. The van der Waals surface area contributed by atoms with E-state index >= 15 is 0 Å². The van der Waals surface area contributed by atoms with Crippen molar-refractivity contribution in [2.75, 3.05) is 46.8 Å². The summed E-state index contributed by atoms with van der Waals surface area (Å²) in [7, 11) is 4.18. The third-order valence-corrected chi connectivity index (χ3v) is 3.81. The first-order valence-corrected chi connectivity index (χ1v) is 7.02. The molecular weight excluding hydrogens is 241 g/mol. The standard InChI is InChI=1S/C15H24FN3/c1-18(2)15(13-3-5-14(16)6-4-13)7-10-19-11-8-17-9-12-19/h3-6,15,17H,7-12H2,1-2H3. The fourth-order valence-corrected chi connectivity index (χ4v) is 2.65. The van der Waals surface area contributed by atoms with Crippen LogP contribution < -0.4 is 5.32 Å². The lowest BCUT2D eigenvalue weighted by Crippen LogP contribution is -2.44. The van der Waals surface area contributed by atoms with Crippen molar-refractivity contribution in [2.45, 2.75) is 12.5 Å². The summed E-state index contributed by atoms with van der Waals surface area (Å²) in [5.74, 6) is -0.164. The summed E-state index contributed by atoms with van der Waals surface area (Å²) < 4.78 is 13.0. The molecule has 0 aromatic heterocycles. The molecule has 0 aliphatic carbocycles. The molecule has 1 N–H and O–H groups in total. The fourth-order valence-electron chi connectivity index (χ4n) is 2.65. The number of nitrogens with one attached hydrogen (secondary N) is 1. The van der Waals surface area contributed by atoms with Gasteiger partial charge in [-0.05, 0) is 38.2 Å². The molecule has 0 saturated carbocycles. The molecule has 1 aromatic carbocycles. The number of rotatable bonds is 5. The first kappa shape index (κ1) is 14.4. The normalized spacial score (nSPS) is 18.7. The summed E-state index contributed by atoms with van der Waals surface area (Å²) in [4.78, 5) is 4.71. The molecule has 4 heteroatoms. The molecule has 0 spiro atoms. The van der Waals surface area contributed by atoms with Gasteiger partial charge in [0.2, 0.25) is 0 Å². The van der Waals surface area contributed by atoms with E-state index in [1.165, 1.54) is 5.56 Å². The zero-order valence-corrected chi connectivity index (χ0v) is 11.9. The molecular formula is C15H24FN3. The van der Waals surface area contributed by atoms with Gasteiger partial charge in [-0.25, -0.2) is 4.39 Å². The van der Waals surface area contributed by atoms with Gasteiger partial charge < -0.3 is 15.1 Å². The predicted octanol–water partition coefficient (Wildman–Crippen LogP) is 1.72. The lowest BCUT2D eigenvalue weighted by molar-refractivity contribution is 0.199. The second kappa shape index (κ2) is 6.98. The van der Waals surface area contributed by atoms with Crippen molar-refractivity contribution >= 4 is 0 Å². The Morgan fingerprint density at radius 2 is 1.84 bits per heavy atom. The summed E-state index contributed by atoms with van der Waals surface area (Å²) in [6, 6.07) is 7.26. The van der Waals surface area contributed by atoms with Crippen molar-refractivity contribution in [1.82, 2.24) is 15.1 Å². The van der Waals surface area contributed by atoms with Gasteiger partial charge >= 0.3 is 0 Å². The van der Waals surface area contributed by atoms with E-state index in [1.807, 2.05) is 12.1 Å². The predicted molar refractivity (Wildman–Crippen MR) is 76.8 cm³/mol. The Labute approximate surface area is 115 Å². The van der Waals surface area contributed by atoms with Crippen LogP contribution in [0.15, 0.2) is 24.3 Å². The van der Waals surface area contributed by atoms with Crippen molar-refractivity contribution in [3.63, 3.8) is 0 Å². The molecule has 2 rings (SSSR count). The summed E-state index contributed by atoms with van der Waals surface area (Å²) in [5, 5.41) is 3.37. The molecule has 106 valence electrons. The van der Waals surface area contributed by atoms with E-state index in [1.54, 1.807) is 12.1 Å². The lowest BCUT2D eigenvalue weighted by Gasteiger charge is -2.31. The van der Waals surface area contributed by atoms with Crippen LogP contribution in [-0.4, -0.2) is 56.6 Å². The summed E-state index contributed by atoms with van der Waals surface area (Å²) in [6.45, 7) is 5.53. The topological polar surface area (TPSA) is 18.5 Å². The van der Waals surface area contributed by atoms with Gasteiger partial charge in [-0.1, -0.05) is 12.1 Å². The zero-order chi connectivity index (χ0) is 13.7. The summed E-state index contributed by atoms with van der Waals surface area (Å²) in [6.07, 6.45) is 1.08. The van der Waals surface area contributed by atoms with E-state index in [2.05, 4.69) is 29.2 Å². The van der Waals surface area contributed by atoms with Gasteiger partial charge in [0.15, 0.2) is 0 Å². The number of hydrogen-bond donors (Lipinski definition) is 1. The van der Waals surface area contributed by atoms with Gasteiger partial charge in [0, 0.05) is 38.8 Å². The Hall–Kier alpha value is -0.970. The summed E-state index contributed by atoms with van der Waals surface area (Å²) in [5.41, 5.74) is 1.20. The van der Waals surface area contributed by atoms with Gasteiger partial charge in [-0.3, -0.25) is 0 Å². The highest BCUT2D eigenvalue weighted by molar-refractivity contribution is 5.19. The van der Waals surface area contributed by atoms with Crippen molar-refractivity contribution < 1.29 is 4.39 Å². The van der Waals surface area contributed by atoms with E-state index in [4.69, 9.17) is 0 Å². The zero-order valence-electron chi connectivity index (χ0n) is 11.9. The third-order valence-electron chi connectivity index (χ3n) is 3.81. The lowest BCUT2D eigenvalue weighted by atomic mass is 10.0. The van der Waals surface area contributed by atoms with Crippen LogP contribution in [0.4, 0.5) is 4.39 Å². The van der Waals surface area contributed by atoms with E-state index in [-0.39, 0.29) is 5.82 Å².